The molecule has 1 aromatic heterocycles. The molecule has 3 aliphatic rings. The maximum Gasteiger partial charge on any atom is 0.235 e. The number of fused-ring (bicyclic) bond motifs is 2. The molecule has 2 amide bonds. The van der Waals surface area contributed by atoms with Gasteiger partial charge in [-0.15, -0.1) is 11.8 Å². The van der Waals surface area contributed by atoms with Crippen molar-refractivity contribution in [2.45, 2.75) is 57.5 Å². The molecule has 2 atom stereocenters. The summed E-state index contributed by atoms with van der Waals surface area (Å²) in [5.41, 5.74) is 0.589. The highest BCUT2D eigenvalue weighted by molar-refractivity contribution is 8.00. The summed E-state index contributed by atoms with van der Waals surface area (Å²) in [5, 5.41) is 6.40. The summed E-state index contributed by atoms with van der Waals surface area (Å²) in [7, 11) is 0. The van der Waals surface area contributed by atoms with Gasteiger partial charge in [-0.1, -0.05) is 5.16 Å². The minimum Gasteiger partial charge on any atom is -0.360 e. The zero-order valence-electron chi connectivity index (χ0n) is 13.9. The molecule has 1 spiro atoms. The highest BCUT2D eigenvalue weighted by Crippen LogP contribution is 2.59. The van der Waals surface area contributed by atoms with E-state index in [0.29, 0.717) is 34.8 Å². The Morgan fingerprint density at radius 2 is 2.04 bits per heavy atom. The lowest BCUT2D eigenvalue weighted by atomic mass is 9.88. The molecule has 4 rings (SSSR count). The fourth-order valence-corrected chi connectivity index (χ4v) is 5.03. The molecule has 2 unspecified atom stereocenters. The summed E-state index contributed by atoms with van der Waals surface area (Å²) in [6.45, 7) is 1.77. The van der Waals surface area contributed by atoms with Crippen LogP contribution in [0.4, 0.5) is 5.82 Å². The van der Waals surface area contributed by atoms with E-state index in [4.69, 9.17) is 4.52 Å². The molecule has 2 aliphatic heterocycles. The number of hydrogen-bond acceptors (Lipinski definition) is 5. The molecule has 7 heteroatoms. The van der Waals surface area contributed by atoms with Gasteiger partial charge in [0.05, 0.1) is 11.5 Å². The average molecular weight is 349 g/mol. The standard InChI is InChI=1S/C17H23N3O3S/c1-11-6-14(19-23-11)18-15(21)9-24-10-16(22)20-12-2-3-13(20)8-17(7-12)4-5-17/h6,12-13H,2-5,7-10H2,1H3,(H,18,19,21). The smallest absolute Gasteiger partial charge is 0.235 e. The molecule has 1 N–H and O–H groups in total. The largest absolute Gasteiger partial charge is 0.360 e. The number of piperidine rings is 1. The van der Waals surface area contributed by atoms with Crippen molar-refractivity contribution < 1.29 is 14.1 Å². The lowest BCUT2D eigenvalue weighted by Crippen LogP contribution is -2.48. The van der Waals surface area contributed by atoms with Crippen molar-refractivity contribution in [3.8, 4) is 0 Å². The maximum absolute atomic E-state index is 12.6. The highest BCUT2D eigenvalue weighted by Gasteiger charge is 2.54. The number of aryl methyl sites for hydroxylation is 1. The number of hydrogen-bond donors (Lipinski definition) is 1. The van der Waals surface area contributed by atoms with Crippen molar-refractivity contribution in [3.05, 3.63) is 11.8 Å². The van der Waals surface area contributed by atoms with Crippen molar-refractivity contribution in [1.29, 1.82) is 0 Å². The SMILES string of the molecule is Cc1cc(NC(=O)CSCC(=O)N2C3CCC2CC2(CC2)C3)no1. The minimum atomic E-state index is -0.153. The molecule has 6 nitrogen and oxygen atoms in total. The third kappa shape index (κ3) is 3.18. The van der Waals surface area contributed by atoms with Gasteiger partial charge in [-0.25, -0.2) is 0 Å². The molecule has 1 aliphatic carbocycles. The first-order chi connectivity index (χ1) is 11.5. The van der Waals surface area contributed by atoms with Gasteiger partial charge in [-0.05, 0) is 50.9 Å². The van der Waals surface area contributed by atoms with E-state index >= 15 is 0 Å². The molecule has 1 saturated carbocycles. The Kier molecular flexibility index (Phi) is 4.06. The number of rotatable bonds is 5. The molecule has 0 aromatic carbocycles. The number of nitrogens with zero attached hydrogens (tertiary/aromatic N) is 2. The van der Waals surface area contributed by atoms with E-state index in [0.717, 1.165) is 12.8 Å². The van der Waals surface area contributed by atoms with Crippen LogP contribution < -0.4 is 5.32 Å². The van der Waals surface area contributed by atoms with E-state index in [1.54, 1.807) is 13.0 Å². The molecule has 2 saturated heterocycles. The molecule has 0 radical (unpaired) electrons. The third-order valence-corrected chi connectivity index (χ3v) is 6.47. The normalized spacial score (nSPS) is 26.6. The Balaban J connectivity index is 1.23. The number of nitrogens with one attached hydrogen (secondary N) is 1. The van der Waals surface area contributed by atoms with Gasteiger partial charge in [0.15, 0.2) is 5.82 Å². The summed E-state index contributed by atoms with van der Waals surface area (Å²) in [6.07, 6.45) is 7.44. The minimum absolute atomic E-state index is 0.153. The van der Waals surface area contributed by atoms with Gasteiger partial charge in [0.25, 0.3) is 0 Å². The molecule has 3 fully saturated rings. The second kappa shape index (κ2) is 6.10. The van der Waals surface area contributed by atoms with Crippen LogP contribution in [0.3, 0.4) is 0 Å². The molecule has 3 heterocycles. The van der Waals surface area contributed by atoms with Crippen molar-refractivity contribution in [2.24, 2.45) is 5.41 Å². The van der Waals surface area contributed by atoms with E-state index in [9.17, 15) is 9.59 Å². The van der Waals surface area contributed by atoms with E-state index in [1.165, 1.54) is 37.4 Å². The van der Waals surface area contributed by atoms with Gasteiger partial charge >= 0.3 is 0 Å². The first-order valence-electron chi connectivity index (χ1n) is 8.67. The Hall–Kier alpha value is -1.50. The second-order valence-corrected chi connectivity index (χ2v) is 8.44. The third-order valence-electron chi connectivity index (χ3n) is 5.56. The predicted molar refractivity (Wildman–Crippen MR) is 91.8 cm³/mol. The number of carbonyl (C=O) groups is 2. The zero-order chi connectivity index (χ0) is 16.7. The van der Waals surface area contributed by atoms with Crippen LogP contribution >= 0.6 is 11.8 Å². The molecular weight excluding hydrogens is 326 g/mol. The fraction of sp³-hybridized carbons (Fsp3) is 0.706. The van der Waals surface area contributed by atoms with Crippen molar-refractivity contribution in [3.63, 3.8) is 0 Å². The number of amides is 2. The van der Waals surface area contributed by atoms with Crippen molar-refractivity contribution in [2.75, 3.05) is 16.8 Å². The number of carbonyl (C=O) groups excluding carboxylic acids is 2. The first-order valence-corrected chi connectivity index (χ1v) is 9.82. The Morgan fingerprint density at radius 3 is 2.62 bits per heavy atom. The zero-order valence-corrected chi connectivity index (χ0v) is 14.7. The van der Waals surface area contributed by atoms with Crippen LogP contribution in [0.2, 0.25) is 0 Å². The first kappa shape index (κ1) is 16.0. The topological polar surface area (TPSA) is 75.4 Å². The van der Waals surface area contributed by atoms with E-state index < -0.39 is 0 Å². The Labute approximate surface area is 145 Å². The maximum atomic E-state index is 12.6. The van der Waals surface area contributed by atoms with Crippen LogP contribution in [-0.4, -0.2) is 45.5 Å². The summed E-state index contributed by atoms with van der Waals surface area (Å²) < 4.78 is 4.91. The summed E-state index contributed by atoms with van der Waals surface area (Å²) in [4.78, 5) is 26.6. The Bertz CT molecular complexity index is 639. The number of thioether (sulfide) groups is 1. The average Bonchev–Trinajstić information content (AvgIpc) is 3.04. The van der Waals surface area contributed by atoms with E-state index in [2.05, 4.69) is 15.4 Å². The summed E-state index contributed by atoms with van der Waals surface area (Å²) in [6, 6.07) is 2.57. The monoisotopic (exact) mass is 349 g/mol. The van der Waals surface area contributed by atoms with E-state index in [1.807, 2.05) is 0 Å². The van der Waals surface area contributed by atoms with Crippen molar-refractivity contribution >= 4 is 29.4 Å². The number of aromatic nitrogens is 1. The van der Waals surface area contributed by atoms with Crippen LogP contribution in [0.1, 0.15) is 44.3 Å². The second-order valence-electron chi connectivity index (χ2n) is 7.46. The molecule has 1 aromatic rings. The van der Waals surface area contributed by atoms with Crippen LogP contribution in [0, 0.1) is 12.3 Å². The van der Waals surface area contributed by atoms with Crippen LogP contribution in [0.5, 0.6) is 0 Å². The van der Waals surface area contributed by atoms with Crippen LogP contribution in [-0.2, 0) is 9.59 Å². The van der Waals surface area contributed by atoms with Crippen molar-refractivity contribution in [1.82, 2.24) is 10.1 Å². The fourth-order valence-electron chi connectivity index (χ4n) is 4.35. The van der Waals surface area contributed by atoms with E-state index in [-0.39, 0.29) is 17.6 Å². The van der Waals surface area contributed by atoms with Crippen LogP contribution in [0.15, 0.2) is 10.6 Å². The van der Waals surface area contributed by atoms with Gasteiger partial charge < -0.3 is 14.7 Å². The molecule has 24 heavy (non-hydrogen) atoms. The highest BCUT2D eigenvalue weighted by atomic mass is 32.2. The lowest BCUT2D eigenvalue weighted by molar-refractivity contribution is -0.133. The van der Waals surface area contributed by atoms with Gasteiger partial charge in [-0.3, -0.25) is 9.59 Å². The predicted octanol–water partition coefficient (Wildman–Crippen LogP) is 2.59. The van der Waals surface area contributed by atoms with Gasteiger partial charge in [0, 0.05) is 18.2 Å². The van der Waals surface area contributed by atoms with Gasteiger partial charge in [0.1, 0.15) is 5.76 Å². The molecular formula is C17H23N3O3S. The molecule has 130 valence electrons. The summed E-state index contributed by atoms with van der Waals surface area (Å²) >= 11 is 1.37. The van der Waals surface area contributed by atoms with Crippen LogP contribution in [0.25, 0.3) is 0 Å². The van der Waals surface area contributed by atoms with Gasteiger partial charge in [-0.2, -0.15) is 0 Å². The quantitative estimate of drug-likeness (QED) is 0.884. The Morgan fingerprint density at radius 1 is 1.33 bits per heavy atom. The molecule has 2 bridgehead atoms. The number of anilines is 1. The summed E-state index contributed by atoms with van der Waals surface area (Å²) in [5.74, 6) is 1.76. The van der Waals surface area contributed by atoms with Gasteiger partial charge in [0.2, 0.25) is 11.8 Å². The lowest BCUT2D eigenvalue weighted by Gasteiger charge is -2.39.